The maximum atomic E-state index is 13.2. The van der Waals surface area contributed by atoms with Crippen molar-refractivity contribution in [3.63, 3.8) is 0 Å². The van der Waals surface area contributed by atoms with E-state index in [1.807, 2.05) is 0 Å². The van der Waals surface area contributed by atoms with Crippen molar-refractivity contribution in [2.75, 3.05) is 32.8 Å². The van der Waals surface area contributed by atoms with Gasteiger partial charge < -0.3 is 15.3 Å². The molecule has 1 aliphatic rings. The topological polar surface area (TPSA) is 63.9 Å². The predicted octanol–water partition coefficient (Wildman–Crippen LogP) is -1.10. The Morgan fingerprint density at radius 3 is 2.43 bits per heavy atom. The van der Waals surface area contributed by atoms with Gasteiger partial charge >= 0.3 is 0 Å². The molecule has 84 valence electrons. The molecule has 0 bridgehead atoms. The third kappa shape index (κ3) is 2.20. The van der Waals surface area contributed by atoms with Crippen LogP contribution in [-0.2, 0) is 0 Å². The molecule has 1 aliphatic heterocycles. The maximum Gasteiger partial charge on any atom is 0.280 e. The Bertz CT molecular complexity index is 191. The van der Waals surface area contributed by atoms with Crippen LogP contribution in [0.15, 0.2) is 0 Å². The lowest BCUT2D eigenvalue weighted by molar-refractivity contribution is -0.192. The molecule has 1 saturated heterocycles. The number of alkyl halides is 2. The van der Waals surface area contributed by atoms with Crippen molar-refractivity contribution in [2.45, 2.75) is 12.0 Å². The lowest BCUT2D eigenvalue weighted by Crippen LogP contribution is -2.58. The van der Waals surface area contributed by atoms with Gasteiger partial charge in [0.1, 0.15) is 6.10 Å². The number of β-amino-alcohol motifs (C(OH)–C–C–N with tert-alkyl or cyclic N) is 2. The lowest BCUT2D eigenvalue weighted by Gasteiger charge is -2.40. The van der Waals surface area contributed by atoms with Crippen LogP contribution in [0.3, 0.4) is 0 Å². The molecule has 2 atom stereocenters. The second kappa shape index (κ2) is 4.48. The molecular formula is C8H15F2NO3. The molecule has 3 N–H and O–H groups in total. The van der Waals surface area contributed by atoms with E-state index in [2.05, 4.69) is 0 Å². The number of hydrogen-bond acceptors (Lipinski definition) is 4. The summed E-state index contributed by atoms with van der Waals surface area (Å²) in [4.78, 5) is 1.52. The van der Waals surface area contributed by atoms with Gasteiger partial charge in [0.05, 0.1) is 19.1 Å². The number of aliphatic hydroxyl groups excluding tert-OH is 3. The first-order valence-electron chi connectivity index (χ1n) is 4.52. The summed E-state index contributed by atoms with van der Waals surface area (Å²) < 4.78 is 26.4. The molecule has 0 aromatic rings. The Balaban J connectivity index is 2.63. The zero-order valence-electron chi connectivity index (χ0n) is 7.74. The Hall–Kier alpha value is -0.300. The number of piperidine rings is 1. The minimum absolute atomic E-state index is 0.00111. The summed E-state index contributed by atoms with van der Waals surface area (Å²) in [5.74, 6) is -4.49. The first-order chi connectivity index (χ1) is 6.52. The standard InChI is InChI=1S/C8H15F2NO3/c9-8(10)6(5-13)3-11(1-2-12)4-7(8)14/h6-7,12-14H,1-5H2/t6-,7+/m0/s1. The summed E-state index contributed by atoms with van der Waals surface area (Å²) in [5, 5.41) is 26.5. The molecule has 1 fully saturated rings. The highest BCUT2D eigenvalue weighted by atomic mass is 19.3. The van der Waals surface area contributed by atoms with Crippen molar-refractivity contribution in [3.8, 4) is 0 Å². The molecule has 0 unspecified atom stereocenters. The van der Waals surface area contributed by atoms with E-state index in [0.717, 1.165) is 0 Å². The van der Waals surface area contributed by atoms with Crippen molar-refractivity contribution in [1.82, 2.24) is 4.90 Å². The van der Waals surface area contributed by atoms with E-state index in [4.69, 9.17) is 15.3 Å². The van der Waals surface area contributed by atoms with Gasteiger partial charge in [0, 0.05) is 19.6 Å². The van der Waals surface area contributed by atoms with Crippen molar-refractivity contribution in [3.05, 3.63) is 0 Å². The summed E-state index contributed by atoms with van der Waals surface area (Å²) in [5.41, 5.74) is 0. The second-order valence-corrected chi connectivity index (χ2v) is 3.55. The van der Waals surface area contributed by atoms with Gasteiger partial charge in [-0.25, -0.2) is 8.78 Å². The van der Waals surface area contributed by atoms with Gasteiger partial charge in [-0.05, 0) is 0 Å². The smallest absolute Gasteiger partial charge is 0.280 e. The Kier molecular flexibility index (Phi) is 3.77. The van der Waals surface area contributed by atoms with Gasteiger partial charge in [-0.15, -0.1) is 0 Å². The van der Waals surface area contributed by atoms with Crippen LogP contribution < -0.4 is 0 Å². The number of hydrogen-bond donors (Lipinski definition) is 3. The molecule has 0 aliphatic carbocycles. The van der Waals surface area contributed by atoms with Crippen LogP contribution >= 0.6 is 0 Å². The number of rotatable bonds is 3. The summed E-state index contributed by atoms with van der Waals surface area (Å²) in [6.07, 6.45) is -1.76. The van der Waals surface area contributed by atoms with Crippen LogP contribution in [0.5, 0.6) is 0 Å². The van der Waals surface area contributed by atoms with Gasteiger partial charge in [-0.2, -0.15) is 0 Å². The zero-order chi connectivity index (χ0) is 10.8. The number of likely N-dealkylation sites (tertiary alicyclic amines) is 1. The van der Waals surface area contributed by atoms with Crippen LogP contribution in [0.2, 0.25) is 0 Å². The summed E-state index contributed by atoms with van der Waals surface area (Å²) in [6, 6.07) is 0. The van der Waals surface area contributed by atoms with E-state index >= 15 is 0 Å². The van der Waals surface area contributed by atoms with E-state index in [0.29, 0.717) is 0 Å². The largest absolute Gasteiger partial charge is 0.396 e. The summed E-state index contributed by atoms with van der Waals surface area (Å²) >= 11 is 0. The quantitative estimate of drug-likeness (QED) is 0.554. The molecule has 0 aromatic carbocycles. The van der Waals surface area contributed by atoms with Gasteiger partial charge in [-0.1, -0.05) is 0 Å². The van der Waals surface area contributed by atoms with Crippen molar-refractivity contribution < 1.29 is 24.1 Å². The maximum absolute atomic E-state index is 13.2. The van der Waals surface area contributed by atoms with Crippen molar-refractivity contribution in [2.24, 2.45) is 5.92 Å². The number of nitrogens with zero attached hydrogens (tertiary/aromatic N) is 1. The molecule has 6 heteroatoms. The fraction of sp³-hybridized carbons (Fsp3) is 1.00. The van der Waals surface area contributed by atoms with Gasteiger partial charge in [0.2, 0.25) is 0 Å². The molecule has 0 spiro atoms. The Morgan fingerprint density at radius 2 is 1.93 bits per heavy atom. The van der Waals surface area contributed by atoms with Gasteiger partial charge in [-0.3, -0.25) is 4.90 Å². The predicted molar refractivity (Wildman–Crippen MR) is 45.1 cm³/mol. The third-order valence-electron chi connectivity index (χ3n) is 2.53. The fourth-order valence-corrected chi connectivity index (χ4v) is 1.65. The van der Waals surface area contributed by atoms with Crippen LogP contribution in [0, 0.1) is 5.92 Å². The Labute approximate surface area is 80.8 Å². The molecule has 0 aromatic heterocycles. The average molecular weight is 211 g/mol. The third-order valence-corrected chi connectivity index (χ3v) is 2.53. The van der Waals surface area contributed by atoms with E-state index < -0.39 is 24.6 Å². The molecule has 1 rings (SSSR count). The number of aliphatic hydroxyl groups is 3. The molecule has 4 nitrogen and oxygen atoms in total. The van der Waals surface area contributed by atoms with Crippen LogP contribution in [-0.4, -0.2) is 65.1 Å². The molecule has 0 radical (unpaired) electrons. The first-order valence-corrected chi connectivity index (χ1v) is 4.52. The van der Waals surface area contributed by atoms with Crippen molar-refractivity contribution in [1.29, 1.82) is 0 Å². The van der Waals surface area contributed by atoms with Gasteiger partial charge in [0.15, 0.2) is 0 Å². The SMILES string of the molecule is OCCN1C[C@@H](CO)C(F)(F)[C@H](O)C1. The second-order valence-electron chi connectivity index (χ2n) is 3.55. The van der Waals surface area contributed by atoms with Crippen LogP contribution in [0.1, 0.15) is 0 Å². The minimum Gasteiger partial charge on any atom is -0.396 e. The normalized spacial score (nSPS) is 33.2. The molecule has 1 heterocycles. The molecule has 0 saturated carbocycles. The summed E-state index contributed by atoms with van der Waals surface area (Å²) in [6.45, 7) is -0.725. The highest BCUT2D eigenvalue weighted by Gasteiger charge is 2.50. The van der Waals surface area contributed by atoms with E-state index in [9.17, 15) is 8.78 Å². The average Bonchev–Trinajstić information content (AvgIpc) is 2.11. The van der Waals surface area contributed by atoms with Crippen LogP contribution in [0.25, 0.3) is 0 Å². The van der Waals surface area contributed by atoms with E-state index in [1.54, 1.807) is 0 Å². The van der Waals surface area contributed by atoms with Gasteiger partial charge in [0.25, 0.3) is 5.92 Å². The van der Waals surface area contributed by atoms with E-state index in [-0.39, 0.29) is 26.2 Å². The monoisotopic (exact) mass is 211 g/mol. The number of halogens is 2. The van der Waals surface area contributed by atoms with Crippen LogP contribution in [0.4, 0.5) is 8.78 Å². The summed E-state index contributed by atoms with van der Waals surface area (Å²) in [7, 11) is 0. The highest BCUT2D eigenvalue weighted by molar-refractivity contribution is 4.92. The van der Waals surface area contributed by atoms with E-state index in [1.165, 1.54) is 4.90 Å². The highest BCUT2D eigenvalue weighted by Crippen LogP contribution is 2.33. The molecule has 0 amide bonds. The van der Waals surface area contributed by atoms with Crippen molar-refractivity contribution >= 4 is 0 Å². The molecule has 14 heavy (non-hydrogen) atoms. The zero-order valence-corrected chi connectivity index (χ0v) is 7.74. The molecular weight excluding hydrogens is 196 g/mol. The first kappa shape index (κ1) is 11.8. The lowest BCUT2D eigenvalue weighted by atomic mass is 9.92. The Morgan fingerprint density at radius 1 is 1.29 bits per heavy atom. The fourth-order valence-electron chi connectivity index (χ4n) is 1.65. The minimum atomic E-state index is -3.24.